The van der Waals surface area contributed by atoms with Crippen molar-refractivity contribution in [2.45, 2.75) is 12.6 Å². The smallest absolute Gasteiger partial charge is 0.416 e. The molecule has 0 saturated carbocycles. The Morgan fingerprint density at radius 3 is 2.56 bits per heavy atom. The highest BCUT2D eigenvalue weighted by Crippen LogP contribution is 2.38. The molecule has 180 valence electrons. The minimum atomic E-state index is -4.55. The van der Waals surface area contributed by atoms with Gasteiger partial charge in [-0.1, -0.05) is 0 Å². The van der Waals surface area contributed by atoms with Crippen LogP contribution < -0.4 is 24.6 Å². The third kappa shape index (κ3) is 4.35. The quantitative estimate of drug-likeness (QED) is 0.728. The van der Waals surface area contributed by atoms with E-state index in [0.717, 1.165) is 12.1 Å². The summed E-state index contributed by atoms with van der Waals surface area (Å²) in [6.45, 7) is 2.07. The molecule has 8 nitrogen and oxygen atoms in total. The van der Waals surface area contributed by atoms with Gasteiger partial charge in [0.2, 0.25) is 18.6 Å². The Morgan fingerprint density at radius 2 is 1.79 bits per heavy atom. The molecule has 3 heterocycles. The first-order valence-corrected chi connectivity index (χ1v) is 10.8. The van der Waals surface area contributed by atoms with Crippen molar-refractivity contribution in [3.63, 3.8) is 0 Å². The topological polar surface area (TPSA) is 80.3 Å². The lowest BCUT2D eigenvalue weighted by atomic mass is 10.1. The van der Waals surface area contributed by atoms with Crippen molar-refractivity contribution in [1.82, 2.24) is 0 Å². The van der Waals surface area contributed by atoms with Crippen LogP contribution in [0.5, 0.6) is 11.5 Å². The van der Waals surface area contributed by atoms with Crippen molar-refractivity contribution >= 4 is 28.9 Å². The van der Waals surface area contributed by atoms with Gasteiger partial charge in [0.25, 0.3) is 0 Å². The van der Waals surface area contributed by atoms with Gasteiger partial charge in [0.1, 0.15) is 0 Å². The van der Waals surface area contributed by atoms with Gasteiger partial charge >= 0.3 is 6.18 Å². The lowest BCUT2D eigenvalue weighted by Crippen LogP contribution is -2.37. The van der Waals surface area contributed by atoms with Gasteiger partial charge in [-0.15, -0.1) is 0 Å². The van der Waals surface area contributed by atoms with Crippen LogP contribution in [0.4, 0.5) is 30.2 Å². The number of carbonyl (C=O) groups is 2. The summed E-state index contributed by atoms with van der Waals surface area (Å²) in [6.07, 6.45) is -4.60. The average Bonchev–Trinajstić information content (AvgIpc) is 3.45. The number of ether oxygens (including phenoxy) is 3. The molecule has 3 aliphatic rings. The van der Waals surface area contributed by atoms with Crippen LogP contribution >= 0.6 is 0 Å². The standard InChI is InChI=1S/C23H22F3N3O5/c24-23(25,26)15-1-3-18(28-5-7-32-8-6-28)17(10-15)27-22(31)14-9-21(30)29(12-14)16-2-4-19-20(11-16)34-13-33-19/h1-4,10-11,14H,5-9,12-13H2,(H,27,31). The molecule has 2 saturated heterocycles. The number of nitrogens with zero attached hydrogens (tertiary/aromatic N) is 2. The molecule has 2 aromatic rings. The van der Waals surface area contributed by atoms with E-state index >= 15 is 0 Å². The van der Waals surface area contributed by atoms with E-state index in [1.807, 2.05) is 4.90 Å². The fraction of sp³-hybridized carbons (Fsp3) is 0.391. The summed E-state index contributed by atoms with van der Waals surface area (Å²) >= 11 is 0. The Hall–Kier alpha value is -3.47. The molecule has 11 heteroatoms. The number of alkyl halides is 3. The number of hydrogen-bond donors (Lipinski definition) is 1. The number of anilines is 3. The molecular formula is C23H22F3N3O5. The first-order chi connectivity index (χ1) is 16.3. The SMILES string of the molecule is O=C(Nc1cc(C(F)(F)F)ccc1N1CCOCC1)C1CC(=O)N(c2ccc3c(c2)OCO3)C1. The van der Waals surface area contributed by atoms with Crippen molar-refractivity contribution in [2.24, 2.45) is 5.92 Å². The van der Waals surface area contributed by atoms with Crippen molar-refractivity contribution < 1.29 is 37.0 Å². The van der Waals surface area contributed by atoms with Gasteiger partial charge in [-0.25, -0.2) is 0 Å². The second-order valence-electron chi connectivity index (χ2n) is 8.26. The Bertz CT molecular complexity index is 1120. The highest BCUT2D eigenvalue weighted by molar-refractivity contribution is 6.04. The molecule has 1 N–H and O–H groups in total. The molecule has 0 aliphatic carbocycles. The molecular weight excluding hydrogens is 455 g/mol. The van der Waals surface area contributed by atoms with E-state index < -0.39 is 23.6 Å². The van der Waals surface area contributed by atoms with Crippen LogP contribution in [0.25, 0.3) is 0 Å². The van der Waals surface area contributed by atoms with E-state index in [-0.39, 0.29) is 31.4 Å². The van der Waals surface area contributed by atoms with Gasteiger partial charge in [0.15, 0.2) is 11.5 Å². The number of halogens is 3. The van der Waals surface area contributed by atoms with Crippen LogP contribution in [-0.2, 0) is 20.5 Å². The zero-order chi connectivity index (χ0) is 23.9. The molecule has 0 bridgehead atoms. The molecule has 1 atom stereocenters. The van der Waals surface area contributed by atoms with E-state index in [1.165, 1.54) is 11.0 Å². The molecule has 34 heavy (non-hydrogen) atoms. The third-order valence-corrected chi connectivity index (χ3v) is 6.10. The number of carbonyl (C=O) groups excluding carboxylic acids is 2. The van der Waals surface area contributed by atoms with Crippen molar-refractivity contribution in [2.75, 3.05) is 54.8 Å². The van der Waals surface area contributed by atoms with Gasteiger partial charge in [-0.3, -0.25) is 9.59 Å². The summed E-state index contributed by atoms with van der Waals surface area (Å²) in [5.74, 6) is -0.394. The predicted molar refractivity (Wildman–Crippen MR) is 116 cm³/mol. The molecule has 2 fully saturated rings. The Balaban J connectivity index is 1.35. The minimum Gasteiger partial charge on any atom is -0.454 e. The maximum absolute atomic E-state index is 13.3. The number of benzene rings is 2. The second-order valence-corrected chi connectivity index (χ2v) is 8.26. The summed E-state index contributed by atoms with van der Waals surface area (Å²) < 4.78 is 56.0. The molecule has 1 unspecified atom stereocenters. The summed E-state index contributed by atoms with van der Waals surface area (Å²) in [4.78, 5) is 29.1. The van der Waals surface area contributed by atoms with E-state index in [9.17, 15) is 22.8 Å². The van der Waals surface area contributed by atoms with Crippen molar-refractivity contribution in [3.05, 3.63) is 42.0 Å². The number of morpholine rings is 1. The van der Waals surface area contributed by atoms with Crippen LogP contribution in [0.2, 0.25) is 0 Å². The molecule has 2 aromatic carbocycles. The maximum atomic E-state index is 13.3. The van der Waals surface area contributed by atoms with E-state index in [2.05, 4.69) is 5.32 Å². The molecule has 3 aliphatic heterocycles. The van der Waals surface area contributed by atoms with E-state index in [0.29, 0.717) is 49.2 Å². The van der Waals surface area contributed by atoms with Gasteiger partial charge < -0.3 is 29.3 Å². The van der Waals surface area contributed by atoms with Gasteiger partial charge in [-0.2, -0.15) is 13.2 Å². The van der Waals surface area contributed by atoms with Gasteiger partial charge in [0, 0.05) is 37.8 Å². The molecule has 0 radical (unpaired) electrons. The zero-order valence-electron chi connectivity index (χ0n) is 18.1. The number of nitrogens with one attached hydrogen (secondary N) is 1. The van der Waals surface area contributed by atoms with E-state index in [4.69, 9.17) is 14.2 Å². The highest BCUT2D eigenvalue weighted by atomic mass is 19.4. The van der Waals surface area contributed by atoms with Crippen molar-refractivity contribution in [3.8, 4) is 11.5 Å². The van der Waals surface area contributed by atoms with Gasteiger partial charge in [-0.05, 0) is 30.3 Å². The molecule has 2 amide bonds. The fourth-order valence-corrected chi connectivity index (χ4v) is 4.31. The largest absolute Gasteiger partial charge is 0.454 e. The number of hydrogen-bond acceptors (Lipinski definition) is 6. The number of rotatable bonds is 4. The maximum Gasteiger partial charge on any atom is 0.416 e. The average molecular weight is 477 g/mol. The van der Waals surface area contributed by atoms with Crippen LogP contribution in [0.3, 0.4) is 0 Å². The lowest BCUT2D eigenvalue weighted by molar-refractivity contribution is -0.137. The zero-order valence-corrected chi connectivity index (χ0v) is 18.1. The first-order valence-electron chi connectivity index (χ1n) is 10.8. The summed E-state index contributed by atoms with van der Waals surface area (Å²) in [5.41, 5.74) is 0.263. The van der Waals surface area contributed by atoms with E-state index in [1.54, 1.807) is 18.2 Å². The number of fused-ring (bicyclic) bond motifs is 1. The number of amides is 2. The Labute approximate surface area is 193 Å². The minimum absolute atomic E-state index is 0.0495. The second kappa shape index (κ2) is 8.71. The van der Waals surface area contributed by atoms with Crippen LogP contribution in [-0.4, -0.2) is 51.5 Å². The Morgan fingerprint density at radius 1 is 1.03 bits per heavy atom. The Kier molecular flexibility index (Phi) is 5.72. The van der Waals surface area contributed by atoms with Crippen molar-refractivity contribution in [1.29, 1.82) is 0 Å². The van der Waals surface area contributed by atoms with Crippen LogP contribution in [0.15, 0.2) is 36.4 Å². The molecule has 0 spiro atoms. The summed E-state index contributed by atoms with van der Waals surface area (Å²) in [7, 11) is 0. The predicted octanol–water partition coefficient (Wildman–Crippen LogP) is 3.26. The first kappa shape index (κ1) is 22.3. The highest BCUT2D eigenvalue weighted by Gasteiger charge is 2.37. The summed E-state index contributed by atoms with van der Waals surface area (Å²) in [6, 6.07) is 8.37. The normalized spacial score (nSPS) is 20.1. The third-order valence-electron chi connectivity index (χ3n) is 6.10. The van der Waals surface area contributed by atoms with Gasteiger partial charge in [0.05, 0.1) is 36.1 Å². The van der Waals surface area contributed by atoms with Crippen LogP contribution in [0.1, 0.15) is 12.0 Å². The van der Waals surface area contributed by atoms with Crippen LogP contribution in [0, 0.1) is 5.92 Å². The summed E-state index contributed by atoms with van der Waals surface area (Å²) in [5, 5.41) is 2.65. The molecule has 5 rings (SSSR count). The molecule has 0 aromatic heterocycles. The fourth-order valence-electron chi connectivity index (χ4n) is 4.31. The lowest BCUT2D eigenvalue weighted by Gasteiger charge is -2.31. The monoisotopic (exact) mass is 477 g/mol.